The minimum atomic E-state index is -0.931. The summed E-state index contributed by atoms with van der Waals surface area (Å²) in [6.45, 7) is 2.08. The Morgan fingerprint density at radius 1 is 1.32 bits per heavy atom. The molecule has 0 fully saturated rings. The van der Waals surface area contributed by atoms with Gasteiger partial charge in [0, 0.05) is 18.5 Å². The number of nitrogens with zero attached hydrogens (tertiary/aromatic N) is 1. The fourth-order valence-corrected chi connectivity index (χ4v) is 2.54. The number of amides is 1. The highest BCUT2D eigenvalue weighted by Gasteiger charge is 2.37. The fourth-order valence-electron chi connectivity index (χ4n) is 2.54. The lowest BCUT2D eigenvalue weighted by Crippen LogP contribution is -2.42. The third-order valence-electron chi connectivity index (χ3n) is 3.52. The SMILES string of the molecule is CCCCCC(=O)N1c2ccccc2C[C@H]1C(=O)O. The molecule has 1 amide bonds. The molecule has 1 aromatic rings. The van der Waals surface area contributed by atoms with Gasteiger partial charge in [0.15, 0.2) is 0 Å². The molecule has 0 bridgehead atoms. The molecule has 1 aliphatic rings. The molecular weight excluding hydrogens is 242 g/mol. The minimum Gasteiger partial charge on any atom is -0.480 e. The van der Waals surface area contributed by atoms with Gasteiger partial charge in [-0.15, -0.1) is 0 Å². The van der Waals surface area contributed by atoms with Crippen LogP contribution < -0.4 is 4.90 Å². The summed E-state index contributed by atoms with van der Waals surface area (Å²) in [4.78, 5) is 25.0. The van der Waals surface area contributed by atoms with E-state index >= 15 is 0 Å². The molecule has 1 aromatic carbocycles. The maximum Gasteiger partial charge on any atom is 0.327 e. The summed E-state index contributed by atoms with van der Waals surface area (Å²) in [5, 5.41) is 9.28. The number of unbranched alkanes of at least 4 members (excludes halogenated alkanes) is 2. The van der Waals surface area contributed by atoms with Gasteiger partial charge in [0.2, 0.25) is 5.91 Å². The monoisotopic (exact) mass is 261 g/mol. The molecule has 2 rings (SSSR count). The summed E-state index contributed by atoms with van der Waals surface area (Å²) < 4.78 is 0. The van der Waals surface area contributed by atoms with E-state index in [1.54, 1.807) is 0 Å². The Hall–Kier alpha value is -1.84. The Labute approximate surface area is 113 Å². The van der Waals surface area contributed by atoms with Crippen LogP contribution in [0, 0.1) is 0 Å². The lowest BCUT2D eigenvalue weighted by Gasteiger charge is -2.22. The molecule has 0 aliphatic carbocycles. The predicted molar refractivity (Wildman–Crippen MR) is 73.2 cm³/mol. The van der Waals surface area contributed by atoms with Gasteiger partial charge in [-0.1, -0.05) is 38.0 Å². The largest absolute Gasteiger partial charge is 0.480 e. The summed E-state index contributed by atoms with van der Waals surface area (Å²) in [6, 6.07) is 6.70. The van der Waals surface area contributed by atoms with E-state index in [9.17, 15) is 14.7 Å². The second-order valence-electron chi connectivity index (χ2n) is 4.91. The number of carboxylic acids is 1. The van der Waals surface area contributed by atoms with E-state index in [1.807, 2.05) is 24.3 Å². The van der Waals surface area contributed by atoms with Crippen LogP contribution in [0.4, 0.5) is 5.69 Å². The van der Waals surface area contributed by atoms with Gasteiger partial charge in [0.1, 0.15) is 6.04 Å². The Morgan fingerprint density at radius 3 is 2.74 bits per heavy atom. The smallest absolute Gasteiger partial charge is 0.327 e. The first-order valence-corrected chi connectivity index (χ1v) is 6.78. The second kappa shape index (κ2) is 5.87. The van der Waals surface area contributed by atoms with Gasteiger partial charge in [-0.2, -0.15) is 0 Å². The van der Waals surface area contributed by atoms with Crippen LogP contribution in [0.25, 0.3) is 0 Å². The van der Waals surface area contributed by atoms with Crippen molar-refractivity contribution in [1.29, 1.82) is 0 Å². The lowest BCUT2D eigenvalue weighted by molar-refractivity contribution is -0.139. The van der Waals surface area contributed by atoms with E-state index in [0.717, 1.165) is 30.5 Å². The number of hydrogen-bond donors (Lipinski definition) is 1. The average Bonchev–Trinajstić information content (AvgIpc) is 2.78. The van der Waals surface area contributed by atoms with E-state index in [-0.39, 0.29) is 5.91 Å². The first kappa shape index (κ1) is 13.6. The van der Waals surface area contributed by atoms with Gasteiger partial charge < -0.3 is 5.11 Å². The van der Waals surface area contributed by atoms with Crippen molar-refractivity contribution in [1.82, 2.24) is 0 Å². The predicted octanol–water partition coefficient (Wildman–Crippen LogP) is 2.61. The minimum absolute atomic E-state index is 0.0780. The summed E-state index contributed by atoms with van der Waals surface area (Å²) >= 11 is 0. The van der Waals surface area contributed by atoms with Crippen LogP contribution in [0.15, 0.2) is 24.3 Å². The number of anilines is 1. The normalized spacial score (nSPS) is 17.3. The van der Waals surface area contributed by atoms with E-state index in [4.69, 9.17) is 0 Å². The van der Waals surface area contributed by atoms with Crippen molar-refractivity contribution in [3.05, 3.63) is 29.8 Å². The van der Waals surface area contributed by atoms with Gasteiger partial charge in [-0.05, 0) is 18.1 Å². The maximum atomic E-state index is 12.3. The molecule has 1 heterocycles. The van der Waals surface area contributed by atoms with Crippen LogP contribution in [-0.4, -0.2) is 23.0 Å². The Morgan fingerprint density at radius 2 is 2.05 bits per heavy atom. The van der Waals surface area contributed by atoms with E-state index < -0.39 is 12.0 Å². The van der Waals surface area contributed by atoms with Gasteiger partial charge in [0.05, 0.1) is 0 Å². The van der Waals surface area contributed by atoms with Crippen molar-refractivity contribution in [2.75, 3.05) is 4.90 Å². The highest BCUT2D eigenvalue weighted by atomic mass is 16.4. The quantitative estimate of drug-likeness (QED) is 0.829. The summed E-state index contributed by atoms with van der Waals surface area (Å²) in [5.41, 5.74) is 1.70. The molecule has 102 valence electrons. The Kier molecular flexibility index (Phi) is 4.20. The van der Waals surface area contributed by atoms with E-state index in [0.29, 0.717) is 12.8 Å². The first-order chi connectivity index (χ1) is 9.15. The van der Waals surface area contributed by atoms with Crippen LogP contribution in [0.5, 0.6) is 0 Å². The molecule has 1 atom stereocenters. The number of benzene rings is 1. The number of hydrogen-bond acceptors (Lipinski definition) is 2. The molecular formula is C15H19NO3. The van der Waals surface area contributed by atoms with E-state index in [2.05, 4.69) is 6.92 Å². The molecule has 0 saturated carbocycles. The third kappa shape index (κ3) is 2.78. The number of carbonyl (C=O) groups is 2. The van der Waals surface area contributed by atoms with Crippen LogP contribution >= 0.6 is 0 Å². The number of para-hydroxylation sites is 1. The summed E-state index contributed by atoms with van der Waals surface area (Å²) in [5.74, 6) is -1.01. The highest BCUT2D eigenvalue weighted by molar-refractivity contribution is 6.01. The highest BCUT2D eigenvalue weighted by Crippen LogP contribution is 2.32. The van der Waals surface area contributed by atoms with E-state index in [1.165, 1.54) is 4.90 Å². The number of aliphatic carboxylic acids is 1. The number of carbonyl (C=O) groups excluding carboxylic acids is 1. The van der Waals surface area contributed by atoms with Crippen LogP contribution in [0.2, 0.25) is 0 Å². The van der Waals surface area contributed by atoms with Crippen LogP contribution in [0.1, 0.15) is 38.2 Å². The van der Waals surface area contributed by atoms with Gasteiger partial charge >= 0.3 is 5.97 Å². The van der Waals surface area contributed by atoms with Crippen LogP contribution in [0.3, 0.4) is 0 Å². The number of rotatable bonds is 5. The molecule has 19 heavy (non-hydrogen) atoms. The third-order valence-corrected chi connectivity index (χ3v) is 3.52. The lowest BCUT2D eigenvalue weighted by atomic mass is 10.1. The zero-order valence-electron chi connectivity index (χ0n) is 11.1. The molecule has 1 N–H and O–H groups in total. The molecule has 4 nitrogen and oxygen atoms in total. The van der Waals surface area contributed by atoms with Crippen molar-refractivity contribution < 1.29 is 14.7 Å². The second-order valence-corrected chi connectivity index (χ2v) is 4.91. The Bertz CT molecular complexity index is 484. The van der Waals surface area contributed by atoms with Crippen molar-refractivity contribution in [2.24, 2.45) is 0 Å². The standard InChI is InChI=1S/C15H19NO3/c1-2-3-4-9-14(17)16-12-8-6-5-7-11(12)10-13(16)15(18)19/h5-8,13H,2-4,9-10H2,1H3,(H,18,19)/t13-/m0/s1. The number of fused-ring (bicyclic) bond motifs is 1. The molecule has 4 heteroatoms. The Balaban J connectivity index is 2.19. The average molecular weight is 261 g/mol. The molecule has 0 unspecified atom stereocenters. The molecule has 0 saturated heterocycles. The van der Waals surface area contributed by atoms with Crippen molar-refractivity contribution in [3.8, 4) is 0 Å². The van der Waals surface area contributed by atoms with Crippen molar-refractivity contribution in [2.45, 2.75) is 45.1 Å². The molecule has 1 aliphatic heterocycles. The topological polar surface area (TPSA) is 57.6 Å². The maximum absolute atomic E-state index is 12.3. The molecule has 0 aromatic heterocycles. The molecule has 0 radical (unpaired) electrons. The fraction of sp³-hybridized carbons (Fsp3) is 0.467. The summed E-state index contributed by atoms with van der Waals surface area (Å²) in [7, 11) is 0. The zero-order chi connectivity index (χ0) is 13.8. The van der Waals surface area contributed by atoms with Crippen molar-refractivity contribution in [3.63, 3.8) is 0 Å². The van der Waals surface area contributed by atoms with Gasteiger partial charge in [-0.25, -0.2) is 4.79 Å². The van der Waals surface area contributed by atoms with Crippen LogP contribution in [-0.2, 0) is 16.0 Å². The van der Waals surface area contributed by atoms with Gasteiger partial charge in [0.25, 0.3) is 0 Å². The number of carboxylic acid groups (broad SMARTS) is 1. The first-order valence-electron chi connectivity index (χ1n) is 6.78. The van der Waals surface area contributed by atoms with Crippen molar-refractivity contribution >= 4 is 17.6 Å². The summed E-state index contributed by atoms with van der Waals surface area (Å²) in [6.07, 6.45) is 3.70. The van der Waals surface area contributed by atoms with Gasteiger partial charge in [-0.3, -0.25) is 9.69 Å². The molecule has 0 spiro atoms. The zero-order valence-corrected chi connectivity index (χ0v) is 11.1.